The fourth-order valence-electron chi connectivity index (χ4n) is 2.39. The maximum Gasteiger partial charge on any atom is 0.233 e. The number of hydrogen-bond acceptors (Lipinski definition) is 5. The van der Waals surface area contributed by atoms with Crippen LogP contribution in [0.3, 0.4) is 0 Å². The zero-order valence-electron chi connectivity index (χ0n) is 14.3. The van der Waals surface area contributed by atoms with E-state index in [0.717, 1.165) is 21.4 Å². The van der Waals surface area contributed by atoms with Crippen LogP contribution in [0, 0.1) is 19.5 Å². The van der Waals surface area contributed by atoms with Crippen molar-refractivity contribution in [2.75, 3.05) is 5.32 Å². The first kappa shape index (κ1) is 23.8. The molecule has 0 aromatic heterocycles. The molecule has 3 rings (SSSR count). The van der Waals surface area contributed by atoms with E-state index in [0.29, 0.717) is 15.6 Å². The predicted octanol–water partition coefficient (Wildman–Crippen LogP) is 6.34. The van der Waals surface area contributed by atoms with E-state index in [-0.39, 0.29) is 37.2 Å². The molecule has 0 heterocycles. The normalized spacial score (nSPS) is 10.2. The van der Waals surface area contributed by atoms with Crippen LogP contribution in [0.5, 0.6) is 0 Å². The molecule has 0 bridgehead atoms. The van der Waals surface area contributed by atoms with Gasteiger partial charge in [0.15, 0.2) is 0 Å². The average Bonchev–Trinajstić information content (AvgIpc) is 2.67. The molecule has 0 aliphatic rings. The SMILES string of the molecule is O=[C-]c1cc([N+](=O)[O-])c(Sc2ccccc2)c(F)c1Nc1ccc(I)cc1Cl.[W]. The van der Waals surface area contributed by atoms with E-state index in [1.165, 1.54) is 0 Å². The van der Waals surface area contributed by atoms with Crippen LogP contribution >= 0.6 is 46.0 Å². The van der Waals surface area contributed by atoms with E-state index in [9.17, 15) is 14.9 Å². The monoisotopic (exact) mass is 711 g/mol. The molecule has 1 N–H and O–H groups in total. The minimum Gasteiger partial charge on any atom is -0.404 e. The van der Waals surface area contributed by atoms with Gasteiger partial charge < -0.3 is 10.1 Å². The summed E-state index contributed by atoms with van der Waals surface area (Å²) in [6, 6.07) is 14.7. The van der Waals surface area contributed by atoms with Crippen molar-refractivity contribution in [2.45, 2.75) is 9.79 Å². The first-order chi connectivity index (χ1) is 13.4. The Hall–Kier alpha value is -1.48. The van der Waals surface area contributed by atoms with Gasteiger partial charge in [-0.1, -0.05) is 47.6 Å². The summed E-state index contributed by atoms with van der Waals surface area (Å²) in [4.78, 5) is 22.5. The number of anilines is 2. The Labute approximate surface area is 203 Å². The van der Waals surface area contributed by atoms with Gasteiger partial charge in [0.1, 0.15) is 10.7 Å². The molecule has 0 amide bonds. The molecule has 0 saturated heterocycles. The third kappa shape index (κ3) is 5.57. The number of benzene rings is 3. The summed E-state index contributed by atoms with van der Waals surface area (Å²) in [7, 11) is 0. The number of nitro benzene ring substituents is 1. The molecule has 0 aliphatic heterocycles. The van der Waals surface area contributed by atoms with E-state index in [1.807, 2.05) is 0 Å². The second-order valence-corrected chi connectivity index (χ2v) is 8.22. The van der Waals surface area contributed by atoms with E-state index in [1.54, 1.807) is 54.8 Å². The fourth-order valence-corrected chi connectivity index (χ4v) is 4.25. The van der Waals surface area contributed by atoms with Crippen molar-refractivity contribution < 1.29 is 35.2 Å². The minimum atomic E-state index is -0.920. The van der Waals surface area contributed by atoms with Gasteiger partial charge in [-0.3, -0.25) is 10.1 Å². The van der Waals surface area contributed by atoms with Gasteiger partial charge in [0.2, 0.25) is 5.69 Å². The van der Waals surface area contributed by atoms with Gasteiger partial charge in [-0.25, -0.2) is 4.39 Å². The molecule has 5 nitrogen and oxygen atoms in total. The Morgan fingerprint density at radius 3 is 2.45 bits per heavy atom. The Balaban J connectivity index is 0.00000300. The van der Waals surface area contributed by atoms with Crippen molar-refractivity contribution in [3.63, 3.8) is 0 Å². The van der Waals surface area contributed by atoms with Crippen molar-refractivity contribution in [3.05, 3.63) is 84.7 Å². The molecule has 0 aliphatic carbocycles. The second-order valence-electron chi connectivity index (χ2n) is 5.48. The first-order valence-electron chi connectivity index (χ1n) is 7.74. The van der Waals surface area contributed by atoms with Gasteiger partial charge in [-0.2, -0.15) is 0 Å². The molecule has 3 aromatic rings. The topological polar surface area (TPSA) is 72.2 Å². The van der Waals surface area contributed by atoms with Crippen LogP contribution in [0.25, 0.3) is 0 Å². The summed E-state index contributed by atoms with van der Waals surface area (Å²) in [6.07, 6.45) is 1.56. The standard InChI is InChI=1S/C19H10ClFIN2O3S.W/c20-14-9-12(22)6-7-15(14)23-18-11(10-25)8-16(24(26)27)19(17(18)21)28-13-4-2-1-3-5-13;/h1-9,23H;/q-1;. The van der Waals surface area contributed by atoms with E-state index < -0.39 is 16.4 Å². The molecule has 29 heavy (non-hydrogen) atoms. The van der Waals surface area contributed by atoms with Crippen LogP contribution in [-0.4, -0.2) is 11.2 Å². The molecule has 148 valence electrons. The van der Waals surface area contributed by atoms with Gasteiger partial charge in [0.05, 0.1) is 16.2 Å². The van der Waals surface area contributed by atoms with Gasteiger partial charge in [-0.05, 0) is 58.6 Å². The number of nitrogens with zero attached hydrogens (tertiary/aromatic N) is 1. The predicted molar refractivity (Wildman–Crippen MR) is 116 cm³/mol. The zero-order chi connectivity index (χ0) is 20.3. The molecule has 0 unspecified atom stereocenters. The fraction of sp³-hybridized carbons (Fsp3) is 0. The number of nitrogens with one attached hydrogen (secondary N) is 1. The van der Waals surface area contributed by atoms with Crippen molar-refractivity contribution in [2.24, 2.45) is 0 Å². The maximum absolute atomic E-state index is 15.3. The maximum atomic E-state index is 15.3. The van der Waals surface area contributed by atoms with Crippen molar-refractivity contribution in [1.29, 1.82) is 0 Å². The average molecular weight is 712 g/mol. The molecule has 0 fully saturated rings. The van der Waals surface area contributed by atoms with Crippen molar-refractivity contribution in [1.82, 2.24) is 0 Å². The number of halogens is 3. The first-order valence-corrected chi connectivity index (χ1v) is 10.0. The van der Waals surface area contributed by atoms with Crippen LogP contribution in [0.1, 0.15) is 5.56 Å². The van der Waals surface area contributed by atoms with Crippen LogP contribution in [0.15, 0.2) is 64.4 Å². The van der Waals surface area contributed by atoms with Crippen molar-refractivity contribution >= 4 is 69.3 Å². The quantitative estimate of drug-likeness (QED) is 0.140. The van der Waals surface area contributed by atoms with E-state index >= 15 is 4.39 Å². The van der Waals surface area contributed by atoms with Crippen LogP contribution in [0.2, 0.25) is 5.02 Å². The number of rotatable bonds is 6. The summed E-state index contributed by atoms with van der Waals surface area (Å²) in [5, 5.41) is 14.5. The molecule has 0 saturated carbocycles. The molecule has 0 radical (unpaired) electrons. The molecule has 0 spiro atoms. The van der Waals surface area contributed by atoms with Gasteiger partial charge >= 0.3 is 0 Å². The molecular formula is C19H10ClFIN2O3SW-. The smallest absolute Gasteiger partial charge is 0.233 e. The summed E-state index contributed by atoms with van der Waals surface area (Å²) >= 11 is 9.15. The van der Waals surface area contributed by atoms with Crippen LogP contribution in [-0.2, 0) is 25.9 Å². The summed E-state index contributed by atoms with van der Waals surface area (Å²) in [5.41, 5.74) is -0.663. The van der Waals surface area contributed by atoms with Gasteiger partial charge in [0, 0.05) is 35.2 Å². The Kier molecular flexibility index (Phi) is 8.63. The Morgan fingerprint density at radius 1 is 1.17 bits per heavy atom. The summed E-state index contributed by atoms with van der Waals surface area (Å²) in [6.45, 7) is 0. The zero-order valence-corrected chi connectivity index (χ0v) is 21.0. The Bertz CT molecular complexity index is 1070. The van der Waals surface area contributed by atoms with Gasteiger partial charge in [-0.15, -0.1) is 5.56 Å². The van der Waals surface area contributed by atoms with Crippen LogP contribution < -0.4 is 5.32 Å². The minimum absolute atomic E-state index is 0. The van der Waals surface area contributed by atoms with Crippen molar-refractivity contribution in [3.8, 4) is 0 Å². The second kappa shape index (κ2) is 10.5. The summed E-state index contributed by atoms with van der Waals surface area (Å²) in [5.74, 6) is -0.920. The largest absolute Gasteiger partial charge is 0.404 e. The van der Waals surface area contributed by atoms with E-state index in [4.69, 9.17) is 11.6 Å². The van der Waals surface area contributed by atoms with Crippen LogP contribution in [0.4, 0.5) is 21.5 Å². The molecule has 3 aromatic carbocycles. The molecule has 10 heteroatoms. The van der Waals surface area contributed by atoms with E-state index in [2.05, 4.69) is 27.9 Å². The number of hydrogen-bond donors (Lipinski definition) is 1. The summed E-state index contributed by atoms with van der Waals surface area (Å²) < 4.78 is 16.2. The molecular weight excluding hydrogens is 701 g/mol. The Morgan fingerprint density at radius 2 is 1.86 bits per heavy atom. The van der Waals surface area contributed by atoms with Gasteiger partial charge in [0.25, 0.3) is 0 Å². The number of carbonyl (C=O) groups excluding carboxylic acids is 1. The number of nitro groups is 1. The third-order valence-corrected chi connectivity index (χ3v) is 5.75. The third-order valence-electron chi connectivity index (χ3n) is 3.66. The molecule has 0 atom stereocenters.